The summed E-state index contributed by atoms with van der Waals surface area (Å²) in [5, 5.41) is 17.6. The van der Waals surface area contributed by atoms with Crippen molar-refractivity contribution < 1.29 is 8.94 Å². The summed E-state index contributed by atoms with van der Waals surface area (Å²) in [4.78, 5) is 0. The van der Waals surface area contributed by atoms with Gasteiger partial charge in [0.1, 0.15) is 5.76 Å². The van der Waals surface area contributed by atoms with Crippen LogP contribution in [0.3, 0.4) is 0 Å². The zero-order valence-electron chi connectivity index (χ0n) is 10.1. The first-order valence-electron chi connectivity index (χ1n) is 5.33. The van der Waals surface area contributed by atoms with Crippen LogP contribution in [0.5, 0.6) is 0 Å². The quantitative estimate of drug-likeness (QED) is 0.802. The molecule has 17 heavy (non-hydrogen) atoms. The third-order valence-electron chi connectivity index (χ3n) is 2.39. The molecule has 0 spiro atoms. The number of anilines is 1. The Kier molecular flexibility index (Phi) is 3.38. The van der Waals surface area contributed by atoms with E-state index in [-0.39, 0.29) is 0 Å². The zero-order chi connectivity index (χ0) is 12.3. The second-order valence-corrected chi connectivity index (χ2v) is 3.69. The average molecular weight is 237 g/mol. The molecule has 7 heteroatoms. The van der Waals surface area contributed by atoms with Crippen LogP contribution < -0.4 is 10.6 Å². The number of rotatable bonds is 5. The smallest absolute Gasteiger partial charge is 0.315 e. The van der Waals surface area contributed by atoms with E-state index in [1.165, 1.54) is 0 Å². The summed E-state index contributed by atoms with van der Waals surface area (Å²) in [6.45, 7) is 4.88. The van der Waals surface area contributed by atoms with Gasteiger partial charge in [0.2, 0.25) is 5.89 Å². The lowest BCUT2D eigenvalue weighted by molar-refractivity contribution is 0.392. The van der Waals surface area contributed by atoms with Crippen molar-refractivity contribution >= 4 is 6.01 Å². The Hall–Kier alpha value is -1.89. The van der Waals surface area contributed by atoms with E-state index in [4.69, 9.17) is 8.94 Å². The van der Waals surface area contributed by atoms with Gasteiger partial charge >= 0.3 is 6.01 Å². The summed E-state index contributed by atoms with van der Waals surface area (Å²) >= 11 is 0. The van der Waals surface area contributed by atoms with Gasteiger partial charge in [-0.1, -0.05) is 10.3 Å². The van der Waals surface area contributed by atoms with E-state index in [2.05, 4.69) is 26.0 Å². The Morgan fingerprint density at radius 2 is 2.00 bits per heavy atom. The van der Waals surface area contributed by atoms with Gasteiger partial charge in [-0.05, 0) is 20.9 Å². The molecule has 2 heterocycles. The van der Waals surface area contributed by atoms with E-state index in [0.717, 1.165) is 17.0 Å². The van der Waals surface area contributed by atoms with Crippen LogP contribution in [-0.4, -0.2) is 22.4 Å². The lowest BCUT2D eigenvalue weighted by Gasteiger charge is -1.99. The minimum absolute atomic E-state index is 0.398. The van der Waals surface area contributed by atoms with Crippen molar-refractivity contribution in [2.45, 2.75) is 26.9 Å². The first kappa shape index (κ1) is 11.6. The van der Waals surface area contributed by atoms with Crippen molar-refractivity contribution in [1.29, 1.82) is 0 Å². The van der Waals surface area contributed by atoms with Crippen LogP contribution in [0.25, 0.3) is 0 Å². The molecule has 0 aliphatic carbocycles. The SMILES string of the molecule is CNCc1nnc(NCc2c(C)noc2C)o1. The minimum atomic E-state index is 0.398. The fourth-order valence-corrected chi connectivity index (χ4v) is 1.47. The molecule has 2 aromatic heterocycles. The summed E-state index contributed by atoms with van der Waals surface area (Å²) in [7, 11) is 1.82. The Morgan fingerprint density at radius 3 is 2.65 bits per heavy atom. The Bertz CT molecular complexity index is 471. The molecule has 0 unspecified atom stereocenters. The van der Waals surface area contributed by atoms with E-state index in [1.54, 1.807) is 0 Å². The van der Waals surface area contributed by atoms with E-state index in [1.807, 2.05) is 20.9 Å². The molecule has 2 aromatic rings. The van der Waals surface area contributed by atoms with Crippen molar-refractivity contribution in [2.24, 2.45) is 0 Å². The second kappa shape index (κ2) is 4.96. The van der Waals surface area contributed by atoms with Crippen molar-refractivity contribution in [3.63, 3.8) is 0 Å². The molecule has 0 aliphatic rings. The maximum absolute atomic E-state index is 5.36. The summed E-state index contributed by atoms with van der Waals surface area (Å²) < 4.78 is 10.4. The number of aryl methyl sites for hydroxylation is 2. The first-order valence-corrected chi connectivity index (χ1v) is 5.33. The lowest BCUT2D eigenvalue weighted by atomic mass is 10.2. The summed E-state index contributed by atoms with van der Waals surface area (Å²) in [5.74, 6) is 1.35. The van der Waals surface area contributed by atoms with Crippen molar-refractivity contribution in [3.8, 4) is 0 Å². The lowest BCUT2D eigenvalue weighted by Crippen LogP contribution is -2.04. The Balaban J connectivity index is 1.97. The Morgan fingerprint density at radius 1 is 1.18 bits per heavy atom. The molecule has 7 nitrogen and oxygen atoms in total. The third-order valence-corrected chi connectivity index (χ3v) is 2.39. The first-order chi connectivity index (χ1) is 8.20. The number of nitrogens with one attached hydrogen (secondary N) is 2. The van der Waals surface area contributed by atoms with Gasteiger partial charge < -0.3 is 19.6 Å². The topological polar surface area (TPSA) is 89.0 Å². The highest BCUT2D eigenvalue weighted by Gasteiger charge is 2.10. The van der Waals surface area contributed by atoms with Gasteiger partial charge in [-0.2, -0.15) is 0 Å². The van der Waals surface area contributed by atoms with Crippen LogP contribution in [0, 0.1) is 13.8 Å². The van der Waals surface area contributed by atoms with E-state index < -0.39 is 0 Å². The van der Waals surface area contributed by atoms with Crippen LogP contribution >= 0.6 is 0 Å². The van der Waals surface area contributed by atoms with Gasteiger partial charge in [0.15, 0.2) is 0 Å². The molecule has 0 bridgehead atoms. The maximum Gasteiger partial charge on any atom is 0.315 e. The van der Waals surface area contributed by atoms with E-state index >= 15 is 0 Å². The van der Waals surface area contributed by atoms with Crippen LogP contribution in [0.15, 0.2) is 8.94 Å². The van der Waals surface area contributed by atoms with Gasteiger partial charge in [0.05, 0.1) is 12.2 Å². The van der Waals surface area contributed by atoms with Gasteiger partial charge in [0, 0.05) is 12.1 Å². The van der Waals surface area contributed by atoms with Crippen LogP contribution in [0.2, 0.25) is 0 Å². The van der Waals surface area contributed by atoms with Gasteiger partial charge in [-0.15, -0.1) is 5.10 Å². The fraction of sp³-hybridized carbons (Fsp3) is 0.500. The summed E-state index contributed by atoms with van der Waals surface area (Å²) in [6.07, 6.45) is 0. The molecule has 0 amide bonds. The van der Waals surface area contributed by atoms with Crippen molar-refractivity contribution in [3.05, 3.63) is 22.9 Å². The molecular formula is C10H15N5O2. The highest BCUT2D eigenvalue weighted by atomic mass is 16.5. The number of aromatic nitrogens is 3. The van der Waals surface area contributed by atoms with Crippen LogP contribution in [-0.2, 0) is 13.1 Å². The summed E-state index contributed by atoms with van der Waals surface area (Å²) in [6, 6.07) is 0.398. The van der Waals surface area contributed by atoms with Gasteiger partial charge in [-0.25, -0.2) is 0 Å². The van der Waals surface area contributed by atoms with E-state index in [9.17, 15) is 0 Å². The van der Waals surface area contributed by atoms with E-state index in [0.29, 0.717) is 25.0 Å². The molecule has 0 saturated heterocycles. The molecule has 0 saturated carbocycles. The highest BCUT2D eigenvalue weighted by Crippen LogP contribution is 2.14. The molecule has 0 aliphatic heterocycles. The monoisotopic (exact) mass is 237 g/mol. The van der Waals surface area contributed by atoms with Crippen LogP contribution in [0.4, 0.5) is 6.01 Å². The largest absolute Gasteiger partial charge is 0.407 e. The zero-order valence-corrected chi connectivity index (χ0v) is 10.1. The minimum Gasteiger partial charge on any atom is -0.407 e. The van der Waals surface area contributed by atoms with Gasteiger partial charge in [0.25, 0.3) is 0 Å². The normalized spacial score (nSPS) is 10.8. The molecule has 0 radical (unpaired) electrons. The number of hydrogen-bond donors (Lipinski definition) is 2. The molecule has 0 aromatic carbocycles. The summed E-state index contributed by atoms with van der Waals surface area (Å²) in [5.41, 5.74) is 1.88. The average Bonchev–Trinajstić information content (AvgIpc) is 2.86. The molecule has 0 atom stereocenters. The van der Waals surface area contributed by atoms with Crippen LogP contribution in [0.1, 0.15) is 22.9 Å². The molecule has 0 fully saturated rings. The molecule has 2 N–H and O–H groups in total. The van der Waals surface area contributed by atoms with Crippen molar-refractivity contribution in [1.82, 2.24) is 20.7 Å². The van der Waals surface area contributed by atoms with Gasteiger partial charge in [-0.3, -0.25) is 0 Å². The molecular weight excluding hydrogens is 222 g/mol. The Labute approximate surface area is 98.6 Å². The molecule has 2 rings (SSSR count). The molecule has 92 valence electrons. The predicted molar refractivity (Wildman–Crippen MR) is 60.4 cm³/mol. The highest BCUT2D eigenvalue weighted by molar-refractivity contribution is 5.27. The fourth-order valence-electron chi connectivity index (χ4n) is 1.47. The second-order valence-electron chi connectivity index (χ2n) is 3.69. The van der Waals surface area contributed by atoms with Crippen molar-refractivity contribution in [2.75, 3.05) is 12.4 Å². The third kappa shape index (κ3) is 2.62. The number of nitrogens with zero attached hydrogens (tertiary/aromatic N) is 3. The predicted octanol–water partition coefficient (Wildman–Crippen LogP) is 1.01. The standard InChI is InChI=1S/C10H15N5O2/c1-6-8(7(2)17-15-6)4-12-10-14-13-9(16-10)5-11-3/h11H,4-5H2,1-3H3,(H,12,14). The maximum atomic E-state index is 5.36. The number of hydrogen-bond acceptors (Lipinski definition) is 7.